The molecule has 9 nitrogen and oxygen atoms in total. The highest BCUT2D eigenvalue weighted by Crippen LogP contribution is 2.28. The number of hydrogen-bond donors (Lipinski definition) is 2. The third-order valence-electron chi connectivity index (χ3n) is 6.76. The molecule has 0 aliphatic carbocycles. The summed E-state index contributed by atoms with van der Waals surface area (Å²) in [5.74, 6) is 0.300. The van der Waals surface area contributed by atoms with E-state index < -0.39 is 23.7 Å². The van der Waals surface area contributed by atoms with E-state index in [1.807, 2.05) is 31.3 Å². The molecule has 0 spiro atoms. The number of aliphatic hydroxyl groups is 1. The highest BCUT2D eigenvalue weighted by atomic mass is 16.6. The molecule has 4 rings (SSSR count). The van der Waals surface area contributed by atoms with Gasteiger partial charge >= 0.3 is 5.97 Å². The number of esters is 1. The van der Waals surface area contributed by atoms with Crippen molar-refractivity contribution in [2.45, 2.75) is 90.8 Å². The van der Waals surface area contributed by atoms with E-state index in [2.05, 4.69) is 16.0 Å². The first-order valence-electron chi connectivity index (χ1n) is 13.4. The number of aromatic nitrogens is 3. The van der Waals surface area contributed by atoms with Crippen LogP contribution in [0.1, 0.15) is 58.1 Å². The fourth-order valence-electron chi connectivity index (χ4n) is 4.88. The molecule has 1 saturated heterocycles. The monoisotopic (exact) mass is 524 g/mol. The number of pyridine rings is 1. The summed E-state index contributed by atoms with van der Waals surface area (Å²) in [5.41, 5.74) is 3.59. The summed E-state index contributed by atoms with van der Waals surface area (Å²) in [5, 5.41) is 13.4. The summed E-state index contributed by atoms with van der Waals surface area (Å²) >= 11 is 0. The van der Waals surface area contributed by atoms with Gasteiger partial charge in [0.2, 0.25) is 0 Å². The zero-order chi connectivity index (χ0) is 27.6. The quantitative estimate of drug-likeness (QED) is 0.435. The van der Waals surface area contributed by atoms with Crippen LogP contribution in [0.2, 0.25) is 0 Å². The Kier molecular flexibility index (Phi) is 8.40. The van der Waals surface area contributed by atoms with Gasteiger partial charge < -0.3 is 23.7 Å². The summed E-state index contributed by atoms with van der Waals surface area (Å²) in [6.45, 7) is 10.6. The molecule has 1 fully saturated rings. The van der Waals surface area contributed by atoms with Crippen LogP contribution < -0.4 is 10.9 Å². The van der Waals surface area contributed by atoms with E-state index in [-0.39, 0.29) is 11.7 Å². The van der Waals surface area contributed by atoms with Gasteiger partial charge in [0, 0.05) is 37.5 Å². The van der Waals surface area contributed by atoms with Crippen LogP contribution in [0, 0.1) is 6.92 Å². The number of aliphatic hydroxyl groups excluding tert-OH is 1. The maximum absolute atomic E-state index is 12.7. The maximum atomic E-state index is 12.7. The molecule has 2 aromatic heterocycles. The minimum absolute atomic E-state index is 0.0296. The molecule has 0 bridgehead atoms. The largest absolute Gasteiger partial charge is 0.459 e. The zero-order valence-corrected chi connectivity index (χ0v) is 23.3. The molecular formula is C29H40N4O5. The van der Waals surface area contributed by atoms with Gasteiger partial charge in [-0.1, -0.05) is 6.07 Å². The third kappa shape index (κ3) is 6.51. The van der Waals surface area contributed by atoms with E-state index in [0.29, 0.717) is 18.7 Å². The second-order valence-corrected chi connectivity index (χ2v) is 11.3. The zero-order valence-electron chi connectivity index (χ0n) is 23.3. The molecule has 1 aliphatic rings. The van der Waals surface area contributed by atoms with E-state index in [1.165, 1.54) is 0 Å². The average Bonchev–Trinajstić information content (AvgIpc) is 3.19. The molecular weight excluding hydrogens is 484 g/mol. The number of carbonyl (C=O) groups is 1. The van der Waals surface area contributed by atoms with Crippen LogP contribution in [0.15, 0.2) is 35.3 Å². The number of fused-ring (bicyclic) bond motifs is 1. The van der Waals surface area contributed by atoms with Gasteiger partial charge in [0.25, 0.3) is 5.56 Å². The Hall–Kier alpha value is -3.01. The Morgan fingerprint density at radius 2 is 2.05 bits per heavy atom. The molecule has 1 aromatic carbocycles. The lowest BCUT2D eigenvalue weighted by molar-refractivity contribution is -0.160. The Balaban J connectivity index is 1.68. The standard InChI is InChI=1S/C29H40N4O5/c1-18-13-21(16-32(6)27(18)35)26-31-23-11-10-20(14-24(23)33(26)17-22-9-7-8-12-37-22)15-30-25(19(2)34)28(36)38-29(3,4)5/h10-11,13-14,16,19,22,25,30,34H,7-9,12,15,17H2,1-6H3/t19-,22?,25?/m1/s1. The minimum atomic E-state index is -0.915. The second-order valence-electron chi connectivity index (χ2n) is 11.3. The predicted molar refractivity (Wildman–Crippen MR) is 147 cm³/mol. The van der Waals surface area contributed by atoms with Crippen molar-refractivity contribution in [2.24, 2.45) is 7.05 Å². The van der Waals surface area contributed by atoms with E-state index >= 15 is 0 Å². The van der Waals surface area contributed by atoms with Gasteiger partial charge in [0.15, 0.2) is 0 Å². The van der Waals surface area contributed by atoms with Crippen molar-refractivity contribution < 1.29 is 19.4 Å². The Labute approximate surface area is 223 Å². The van der Waals surface area contributed by atoms with Crippen LogP contribution in [0.5, 0.6) is 0 Å². The number of ether oxygens (including phenoxy) is 2. The van der Waals surface area contributed by atoms with Gasteiger partial charge in [-0.05, 0) is 77.6 Å². The fraction of sp³-hybridized carbons (Fsp3) is 0.552. The molecule has 1 aliphatic heterocycles. The van der Waals surface area contributed by atoms with Gasteiger partial charge in [-0.2, -0.15) is 0 Å². The van der Waals surface area contributed by atoms with Gasteiger partial charge in [-0.15, -0.1) is 0 Å². The number of nitrogens with zero attached hydrogens (tertiary/aromatic N) is 3. The molecule has 0 radical (unpaired) electrons. The van der Waals surface area contributed by atoms with Crippen LogP contribution in [0.3, 0.4) is 0 Å². The van der Waals surface area contributed by atoms with Crippen molar-refractivity contribution in [1.82, 2.24) is 19.4 Å². The van der Waals surface area contributed by atoms with Crippen LogP contribution >= 0.6 is 0 Å². The average molecular weight is 525 g/mol. The lowest BCUT2D eigenvalue weighted by atomic mass is 10.1. The highest BCUT2D eigenvalue weighted by Gasteiger charge is 2.28. The molecule has 3 aromatic rings. The number of hydrogen-bond acceptors (Lipinski definition) is 7. The van der Waals surface area contributed by atoms with E-state index in [1.54, 1.807) is 39.3 Å². The Bertz CT molecular complexity index is 1320. The molecule has 0 amide bonds. The Morgan fingerprint density at radius 1 is 1.29 bits per heavy atom. The van der Waals surface area contributed by atoms with E-state index in [4.69, 9.17) is 14.5 Å². The number of benzene rings is 1. The highest BCUT2D eigenvalue weighted by molar-refractivity contribution is 5.81. The molecule has 2 N–H and O–H groups in total. The maximum Gasteiger partial charge on any atom is 0.326 e. The molecule has 9 heteroatoms. The summed E-state index contributed by atoms with van der Waals surface area (Å²) < 4.78 is 15.3. The predicted octanol–water partition coefficient (Wildman–Crippen LogP) is 3.46. The number of imidazole rings is 1. The number of nitrogens with one attached hydrogen (secondary N) is 1. The van der Waals surface area contributed by atoms with E-state index in [9.17, 15) is 14.7 Å². The number of carbonyl (C=O) groups excluding carboxylic acids is 1. The number of rotatable bonds is 8. The van der Waals surface area contributed by atoms with Crippen molar-refractivity contribution in [3.05, 3.63) is 51.9 Å². The normalized spacial score (nSPS) is 17.9. The summed E-state index contributed by atoms with van der Waals surface area (Å²) in [7, 11) is 1.75. The van der Waals surface area contributed by atoms with Crippen molar-refractivity contribution in [1.29, 1.82) is 0 Å². The van der Waals surface area contributed by atoms with Gasteiger partial charge in [-0.3, -0.25) is 14.9 Å². The first kappa shape index (κ1) is 28.0. The molecule has 38 heavy (non-hydrogen) atoms. The minimum Gasteiger partial charge on any atom is -0.459 e. The van der Waals surface area contributed by atoms with Crippen LogP contribution in [-0.4, -0.2) is 55.7 Å². The van der Waals surface area contributed by atoms with Crippen LogP contribution in [0.25, 0.3) is 22.4 Å². The van der Waals surface area contributed by atoms with Gasteiger partial charge in [0.1, 0.15) is 17.5 Å². The van der Waals surface area contributed by atoms with Crippen LogP contribution in [-0.2, 0) is 34.4 Å². The summed E-state index contributed by atoms with van der Waals surface area (Å²) in [6, 6.07) is 7.03. The third-order valence-corrected chi connectivity index (χ3v) is 6.76. The molecule has 3 atom stereocenters. The van der Waals surface area contributed by atoms with Crippen molar-refractivity contribution in [2.75, 3.05) is 6.61 Å². The topological polar surface area (TPSA) is 108 Å². The smallest absolute Gasteiger partial charge is 0.326 e. The first-order valence-corrected chi connectivity index (χ1v) is 13.4. The van der Waals surface area contributed by atoms with E-state index in [0.717, 1.165) is 53.9 Å². The lowest BCUT2D eigenvalue weighted by Crippen LogP contribution is -2.47. The molecule has 3 heterocycles. The molecule has 2 unspecified atom stereocenters. The van der Waals surface area contributed by atoms with Gasteiger partial charge in [-0.25, -0.2) is 4.98 Å². The Morgan fingerprint density at radius 3 is 2.68 bits per heavy atom. The van der Waals surface area contributed by atoms with Crippen molar-refractivity contribution in [3.8, 4) is 11.4 Å². The molecule has 206 valence electrons. The summed E-state index contributed by atoms with van der Waals surface area (Å²) in [6.07, 6.45) is 4.19. The summed E-state index contributed by atoms with van der Waals surface area (Å²) in [4.78, 5) is 29.9. The van der Waals surface area contributed by atoms with Crippen molar-refractivity contribution >= 4 is 17.0 Å². The van der Waals surface area contributed by atoms with Crippen molar-refractivity contribution in [3.63, 3.8) is 0 Å². The lowest BCUT2D eigenvalue weighted by Gasteiger charge is -2.26. The van der Waals surface area contributed by atoms with Crippen LogP contribution in [0.4, 0.5) is 0 Å². The fourth-order valence-corrected chi connectivity index (χ4v) is 4.88. The first-order chi connectivity index (χ1) is 17.9. The molecule has 0 saturated carbocycles. The van der Waals surface area contributed by atoms with Gasteiger partial charge in [0.05, 0.1) is 29.8 Å². The SMILES string of the molecule is Cc1cc(-c2nc3ccc(CNC(C(=O)OC(C)(C)C)[C@@H](C)O)cc3n2CC2CCCCO2)cn(C)c1=O. The second kappa shape index (κ2) is 11.4. The number of aryl methyl sites for hydroxylation is 2.